The maximum Gasteiger partial charge on any atom is 0.228 e. The largest absolute Gasteiger partial charge is 0.472 e. The monoisotopic (exact) mass is 261 g/mol. The molecule has 0 amide bonds. The standard InChI is InChI=1S/C13H19N5O/c1-13(2,3)18-11-10(7-17-18)12(16-8-15-11)19-9-4-5-14-6-9/h7-9,14H,4-6H2,1-3H3. The van der Waals surface area contributed by atoms with Crippen molar-refractivity contribution in [2.24, 2.45) is 0 Å². The minimum Gasteiger partial charge on any atom is -0.472 e. The quantitative estimate of drug-likeness (QED) is 0.883. The van der Waals surface area contributed by atoms with Crippen molar-refractivity contribution in [2.45, 2.75) is 38.8 Å². The number of nitrogens with one attached hydrogen (secondary N) is 1. The second-order valence-corrected chi connectivity index (χ2v) is 5.88. The lowest BCUT2D eigenvalue weighted by atomic mass is 10.1. The van der Waals surface area contributed by atoms with Gasteiger partial charge in [-0.25, -0.2) is 14.6 Å². The van der Waals surface area contributed by atoms with Crippen molar-refractivity contribution in [2.75, 3.05) is 13.1 Å². The van der Waals surface area contributed by atoms with Crippen LogP contribution in [-0.4, -0.2) is 38.9 Å². The Morgan fingerprint density at radius 3 is 2.89 bits per heavy atom. The maximum absolute atomic E-state index is 5.95. The summed E-state index contributed by atoms with van der Waals surface area (Å²) in [5.41, 5.74) is 0.714. The smallest absolute Gasteiger partial charge is 0.228 e. The average molecular weight is 261 g/mol. The lowest BCUT2D eigenvalue weighted by molar-refractivity contribution is 0.217. The lowest BCUT2D eigenvalue weighted by Gasteiger charge is -2.19. The van der Waals surface area contributed by atoms with E-state index >= 15 is 0 Å². The first kappa shape index (κ1) is 12.3. The predicted octanol–water partition coefficient (Wildman–Crippen LogP) is 1.32. The summed E-state index contributed by atoms with van der Waals surface area (Å²) in [6.07, 6.45) is 4.54. The number of aromatic nitrogens is 4. The van der Waals surface area contributed by atoms with Crippen LogP contribution >= 0.6 is 0 Å². The van der Waals surface area contributed by atoms with Gasteiger partial charge in [-0.1, -0.05) is 0 Å². The van der Waals surface area contributed by atoms with E-state index in [1.807, 2.05) is 4.68 Å². The van der Waals surface area contributed by atoms with E-state index in [-0.39, 0.29) is 11.6 Å². The van der Waals surface area contributed by atoms with Gasteiger partial charge in [-0.15, -0.1) is 0 Å². The highest BCUT2D eigenvalue weighted by Crippen LogP contribution is 2.26. The van der Waals surface area contributed by atoms with Crippen LogP contribution in [0.2, 0.25) is 0 Å². The highest BCUT2D eigenvalue weighted by molar-refractivity contribution is 5.79. The van der Waals surface area contributed by atoms with E-state index in [2.05, 4.69) is 41.2 Å². The van der Waals surface area contributed by atoms with Crippen LogP contribution in [0.4, 0.5) is 0 Å². The second kappa shape index (κ2) is 4.45. The van der Waals surface area contributed by atoms with Crippen molar-refractivity contribution in [3.05, 3.63) is 12.5 Å². The number of fused-ring (bicyclic) bond motifs is 1. The van der Waals surface area contributed by atoms with Crippen molar-refractivity contribution in [3.8, 4) is 5.88 Å². The lowest BCUT2D eigenvalue weighted by Crippen LogP contribution is -2.23. The number of hydrogen-bond acceptors (Lipinski definition) is 5. The van der Waals surface area contributed by atoms with Crippen LogP contribution < -0.4 is 10.1 Å². The Hall–Kier alpha value is -1.69. The molecule has 3 heterocycles. The minimum absolute atomic E-state index is 0.109. The minimum atomic E-state index is -0.109. The van der Waals surface area contributed by atoms with Crippen LogP contribution in [0, 0.1) is 0 Å². The number of rotatable bonds is 2. The molecule has 0 bridgehead atoms. The normalized spacial score (nSPS) is 20.1. The summed E-state index contributed by atoms with van der Waals surface area (Å²) < 4.78 is 7.85. The van der Waals surface area contributed by atoms with Gasteiger partial charge in [0.25, 0.3) is 0 Å². The molecule has 102 valence electrons. The molecule has 1 fully saturated rings. The highest BCUT2D eigenvalue weighted by atomic mass is 16.5. The van der Waals surface area contributed by atoms with Gasteiger partial charge < -0.3 is 10.1 Å². The number of ether oxygens (including phenoxy) is 1. The highest BCUT2D eigenvalue weighted by Gasteiger charge is 2.22. The van der Waals surface area contributed by atoms with E-state index in [0.717, 1.165) is 30.5 Å². The topological polar surface area (TPSA) is 64.9 Å². The third kappa shape index (κ3) is 2.28. The molecule has 3 rings (SSSR count). The molecular formula is C13H19N5O. The van der Waals surface area contributed by atoms with E-state index in [1.165, 1.54) is 0 Å². The third-order valence-electron chi connectivity index (χ3n) is 3.26. The number of nitrogens with zero attached hydrogens (tertiary/aromatic N) is 4. The summed E-state index contributed by atoms with van der Waals surface area (Å²) in [5, 5.41) is 8.58. The van der Waals surface area contributed by atoms with Crippen LogP contribution in [0.1, 0.15) is 27.2 Å². The van der Waals surface area contributed by atoms with E-state index < -0.39 is 0 Å². The van der Waals surface area contributed by atoms with Gasteiger partial charge >= 0.3 is 0 Å². The second-order valence-electron chi connectivity index (χ2n) is 5.88. The first-order valence-corrected chi connectivity index (χ1v) is 6.62. The zero-order valence-electron chi connectivity index (χ0n) is 11.6. The van der Waals surface area contributed by atoms with Crippen molar-refractivity contribution >= 4 is 11.0 Å². The molecule has 1 N–H and O–H groups in total. The molecule has 0 saturated carbocycles. The fourth-order valence-electron chi connectivity index (χ4n) is 2.29. The molecule has 1 aliphatic heterocycles. The summed E-state index contributed by atoms with van der Waals surface area (Å²) in [4.78, 5) is 8.59. The molecule has 0 aliphatic carbocycles. The molecule has 2 aromatic rings. The first-order valence-electron chi connectivity index (χ1n) is 6.62. The fraction of sp³-hybridized carbons (Fsp3) is 0.615. The Morgan fingerprint density at radius 2 is 2.21 bits per heavy atom. The Morgan fingerprint density at radius 1 is 1.37 bits per heavy atom. The molecule has 0 spiro atoms. The van der Waals surface area contributed by atoms with Gasteiger partial charge in [0.05, 0.1) is 11.7 Å². The molecule has 0 aromatic carbocycles. The molecule has 1 saturated heterocycles. The van der Waals surface area contributed by atoms with E-state index in [0.29, 0.717) is 5.88 Å². The van der Waals surface area contributed by atoms with E-state index in [1.54, 1.807) is 12.5 Å². The summed E-state index contributed by atoms with van der Waals surface area (Å²) in [5.74, 6) is 0.634. The number of hydrogen-bond donors (Lipinski definition) is 1. The van der Waals surface area contributed by atoms with Gasteiger partial charge in [0.1, 0.15) is 17.8 Å². The molecule has 2 aromatic heterocycles. The van der Waals surface area contributed by atoms with Gasteiger partial charge in [0, 0.05) is 6.54 Å². The van der Waals surface area contributed by atoms with Gasteiger partial charge in [0.2, 0.25) is 5.88 Å². The van der Waals surface area contributed by atoms with Crippen LogP contribution in [-0.2, 0) is 5.54 Å². The Labute approximate surface area is 112 Å². The SMILES string of the molecule is CC(C)(C)n1ncc2c(OC3CCNC3)ncnc21. The van der Waals surface area contributed by atoms with Crippen molar-refractivity contribution in [3.63, 3.8) is 0 Å². The van der Waals surface area contributed by atoms with E-state index in [4.69, 9.17) is 4.74 Å². The van der Waals surface area contributed by atoms with Crippen LogP contribution in [0.25, 0.3) is 11.0 Å². The Bertz CT molecular complexity index is 580. The average Bonchev–Trinajstić information content (AvgIpc) is 2.96. The predicted molar refractivity (Wildman–Crippen MR) is 72.2 cm³/mol. The van der Waals surface area contributed by atoms with Gasteiger partial charge in [-0.05, 0) is 33.7 Å². The van der Waals surface area contributed by atoms with Crippen LogP contribution in [0.15, 0.2) is 12.5 Å². The molecule has 19 heavy (non-hydrogen) atoms. The van der Waals surface area contributed by atoms with Crippen molar-refractivity contribution < 1.29 is 4.74 Å². The summed E-state index contributed by atoms with van der Waals surface area (Å²) in [7, 11) is 0. The fourth-order valence-corrected chi connectivity index (χ4v) is 2.29. The van der Waals surface area contributed by atoms with Gasteiger partial charge in [-0.2, -0.15) is 5.10 Å². The molecule has 6 heteroatoms. The maximum atomic E-state index is 5.95. The summed E-state index contributed by atoms with van der Waals surface area (Å²) in [6, 6.07) is 0. The summed E-state index contributed by atoms with van der Waals surface area (Å²) in [6.45, 7) is 8.17. The third-order valence-corrected chi connectivity index (χ3v) is 3.26. The molecule has 6 nitrogen and oxygen atoms in total. The van der Waals surface area contributed by atoms with E-state index in [9.17, 15) is 0 Å². The molecule has 1 aliphatic rings. The van der Waals surface area contributed by atoms with Gasteiger partial charge in [-0.3, -0.25) is 0 Å². The van der Waals surface area contributed by atoms with Crippen molar-refractivity contribution in [1.82, 2.24) is 25.1 Å². The summed E-state index contributed by atoms with van der Waals surface area (Å²) >= 11 is 0. The van der Waals surface area contributed by atoms with Gasteiger partial charge in [0.15, 0.2) is 5.65 Å². The molecular weight excluding hydrogens is 242 g/mol. The zero-order chi connectivity index (χ0) is 13.5. The zero-order valence-corrected chi connectivity index (χ0v) is 11.6. The van der Waals surface area contributed by atoms with Crippen molar-refractivity contribution in [1.29, 1.82) is 0 Å². The Kier molecular flexibility index (Phi) is 2.89. The first-order chi connectivity index (χ1) is 9.05. The molecule has 1 atom stereocenters. The molecule has 1 unspecified atom stereocenters. The van der Waals surface area contributed by atoms with Crippen LogP contribution in [0.5, 0.6) is 5.88 Å². The molecule has 0 radical (unpaired) electrons. The Balaban J connectivity index is 1.99. The van der Waals surface area contributed by atoms with Crippen LogP contribution in [0.3, 0.4) is 0 Å².